The molecule has 120 valence electrons. The van der Waals surface area contributed by atoms with Crippen LogP contribution in [0, 0.1) is 0 Å². The highest BCUT2D eigenvalue weighted by atomic mass is 32.1. The molecule has 4 aromatic rings. The number of hydrogen-bond acceptors (Lipinski definition) is 5. The van der Waals surface area contributed by atoms with Crippen LogP contribution in [0.5, 0.6) is 5.75 Å². The SMILES string of the molecule is OCCOc1ccccc1-c1nccn1-c1ccc2sncc2c1. The van der Waals surface area contributed by atoms with Crippen molar-refractivity contribution in [2.45, 2.75) is 0 Å². The molecule has 0 fully saturated rings. The van der Waals surface area contributed by atoms with Crippen LogP contribution in [0.1, 0.15) is 0 Å². The van der Waals surface area contributed by atoms with Crippen LogP contribution in [-0.4, -0.2) is 32.2 Å². The number of rotatable bonds is 5. The number of imidazole rings is 1. The molecule has 1 N–H and O–H groups in total. The first-order chi connectivity index (χ1) is 11.9. The zero-order chi connectivity index (χ0) is 16.4. The first kappa shape index (κ1) is 14.9. The molecule has 0 bridgehead atoms. The quantitative estimate of drug-likeness (QED) is 0.605. The predicted molar refractivity (Wildman–Crippen MR) is 94.8 cm³/mol. The minimum absolute atomic E-state index is 0.0232. The van der Waals surface area contributed by atoms with Crippen molar-refractivity contribution in [2.75, 3.05) is 13.2 Å². The van der Waals surface area contributed by atoms with Crippen molar-refractivity contribution in [1.82, 2.24) is 13.9 Å². The summed E-state index contributed by atoms with van der Waals surface area (Å²) in [5, 5.41) is 10.1. The van der Waals surface area contributed by atoms with Gasteiger partial charge in [0.1, 0.15) is 18.2 Å². The standard InChI is InChI=1S/C18H15N3O2S/c22-9-10-23-16-4-2-1-3-15(16)18-19-7-8-21(18)14-5-6-17-13(11-14)12-20-24-17/h1-8,11-12,22H,9-10H2. The van der Waals surface area contributed by atoms with Gasteiger partial charge < -0.3 is 9.84 Å². The molecule has 2 heterocycles. The van der Waals surface area contributed by atoms with Crippen molar-refractivity contribution < 1.29 is 9.84 Å². The summed E-state index contributed by atoms with van der Waals surface area (Å²) in [4.78, 5) is 4.51. The van der Waals surface area contributed by atoms with Crippen molar-refractivity contribution in [2.24, 2.45) is 0 Å². The van der Waals surface area contributed by atoms with Gasteiger partial charge in [-0.2, -0.15) is 4.37 Å². The number of ether oxygens (including phenoxy) is 1. The lowest BCUT2D eigenvalue weighted by molar-refractivity contribution is 0.202. The van der Waals surface area contributed by atoms with E-state index in [1.807, 2.05) is 41.2 Å². The molecule has 2 aromatic carbocycles. The van der Waals surface area contributed by atoms with Gasteiger partial charge in [-0.25, -0.2) is 4.98 Å². The van der Waals surface area contributed by atoms with Crippen LogP contribution in [0.15, 0.2) is 61.1 Å². The number of para-hydroxylation sites is 1. The molecule has 0 unspecified atom stereocenters. The smallest absolute Gasteiger partial charge is 0.148 e. The Hall–Kier alpha value is -2.70. The second-order valence-corrected chi connectivity index (χ2v) is 6.07. The number of benzene rings is 2. The molecule has 0 aliphatic rings. The third kappa shape index (κ3) is 2.66. The van der Waals surface area contributed by atoms with E-state index in [1.54, 1.807) is 6.20 Å². The average Bonchev–Trinajstić information content (AvgIpc) is 3.28. The molecule has 0 atom stereocenters. The third-order valence-corrected chi connectivity index (χ3v) is 4.51. The Morgan fingerprint density at radius 3 is 3.00 bits per heavy atom. The second kappa shape index (κ2) is 6.43. The lowest BCUT2D eigenvalue weighted by Gasteiger charge is -2.12. The van der Waals surface area contributed by atoms with E-state index in [0.29, 0.717) is 5.75 Å². The number of aliphatic hydroxyl groups is 1. The van der Waals surface area contributed by atoms with Crippen molar-refractivity contribution in [1.29, 1.82) is 0 Å². The molecule has 4 rings (SSSR count). The first-order valence-electron chi connectivity index (χ1n) is 7.58. The summed E-state index contributed by atoms with van der Waals surface area (Å²) in [6.07, 6.45) is 5.58. The van der Waals surface area contributed by atoms with Crippen LogP contribution in [0.25, 0.3) is 27.2 Å². The number of aromatic nitrogens is 3. The zero-order valence-electron chi connectivity index (χ0n) is 12.8. The Morgan fingerprint density at radius 2 is 2.08 bits per heavy atom. The maximum Gasteiger partial charge on any atom is 0.148 e. The normalized spacial score (nSPS) is 11.0. The Bertz CT molecular complexity index is 977. The van der Waals surface area contributed by atoms with E-state index in [4.69, 9.17) is 9.84 Å². The summed E-state index contributed by atoms with van der Waals surface area (Å²) in [5.41, 5.74) is 1.91. The zero-order valence-corrected chi connectivity index (χ0v) is 13.6. The van der Waals surface area contributed by atoms with E-state index < -0.39 is 0 Å². The van der Waals surface area contributed by atoms with E-state index >= 15 is 0 Å². The molecule has 5 nitrogen and oxygen atoms in total. The monoisotopic (exact) mass is 337 g/mol. The minimum Gasteiger partial charge on any atom is -0.490 e. The molecule has 0 saturated heterocycles. The molecule has 0 aliphatic heterocycles. The fraction of sp³-hybridized carbons (Fsp3) is 0.111. The summed E-state index contributed by atoms with van der Waals surface area (Å²) >= 11 is 1.49. The van der Waals surface area contributed by atoms with Gasteiger partial charge in [0.25, 0.3) is 0 Å². The maximum absolute atomic E-state index is 9.01. The van der Waals surface area contributed by atoms with Crippen molar-refractivity contribution >= 4 is 21.6 Å². The van der Waals surface area contributed by atoms with Gasteiger partial charge in [-0.05, 0) is 41.9 Å². The molecule has 0 saturated carbocycles. The van der Waals surface area contributed by atoms with E-state index in [0.717, 1.165) is 27.2 Å². The highest BCUT2D eigenvalue weighted by molar-refractivity contribution is 7.13. The molecule has 0 aliphatic carbocycles. The van der Waals surface area contributed by atoms with Gasteiger partial charge in [-0.1, -0.05) is 12.1 Å². The van der Waals surface area contributed by atoms with E-state index in [2.05, 4.69) is 27.6 Å². The van der Waals surface area contributed by atoms with E-state index in [1.165, 1.54) is 11.5 Å². The van der Waals surface area contributed by atoms with Gasteiger partial charge in [0.15, 0.2) is 0 Å². The maximum atomic E-state index is 9.01. The van der Waals surface area contributed by atoms with Gasteiger partial charge in [-0.3, -0.25) is 4.57 Å². The Balaban J connectivity index is 1.80. The van der Waals surface area contributed by atoms with Crippen LogP contribution >= 0.6 is 11.5 Å². The number of fused-ring (bicyclic) bond motifs is 1. The Labute approximate surface area is 143 Å². The molecule has 24 heavy (non-hydrogen) atoms. The summed E-state index contributed by atoms with van der Waals surface area (Å²) < 4.78 is 13.1. The molecule has 0 radical (unpaired) electrons. The van der Waals surface area contributed by atoms with Crippen molar-refractivity contribution in [3.63, 3.8) is 0 Å². The third-order valence-electron chi connectivity index (χ3n) is 3.73. The van der Waals surface area contributed by atoms with Gasteiger partial charge in [0, 0.05) is 29.7 Å². The number of aliphatic hydroxyl groups excluding tert-OH is 1. The van der Waals surface area contributed by atoms with Crippen LogP contribution < -0.4 is 4.74 Å². The summed E-state index contributed by atoms with van der Waals surface area (Å²) in [7, 11) is 0. The van der Waals surface area contributed by atoms with Gasteiger partial charge in [-0.15, -0.1) is 0 Å². The molecular formula is C18H15N3O2S. The van der Waals surface area contributed by atoms with Crippen molar-refractivity contribution in [3.8, 4) is 22.8 Å². The summed E-state index contributed by atoms with van der Waals surface area (Å²) in [5.74, 6) is 1.50. The van der Waals surface area contributed by atoms with Crippen LogP contribution in [0.3, 0.4) is 0 Å². The van der Waals surface area contributed by atoms with Crippen LogP contribution in [-0.2, 0) is 0 Å². The van der Waals surface area contributed by atoms with E-state index in [-0.39, 0.29) is 13.2 Å². The fourth-order valence-electron chi connectivity index (χ4n) is 2.65. The van der Waals surface area contributed by atoms with Gasteiger partial charge in [0.05, 0.1) is 16.9 Å². The van der Waals surface area contributed by atoms with Crippen molar-refractivity contribution in [3.05, 3.63) is 61.1 Å². The molecule has 6 heteroatoms. The second-order valence-electron chi connectivity index (χ2n) is 5.24. The molecule has 0 spiro atoms. The lowest BCUT2D eigenvalue weighted by Crippen LogP contribution is -2.04. The highest BCUT2D eigenvalue weighted by Gasteiger charge is 2.13. The molecular weight excluding hydrogens is 322 g/mol. The van der Waals surface area contributed by atoms with Gasteiger partial charge in [0.2, 0.25) is 0 Å². The highest BCUT2D eigenvalue weighted by Crippen LogP contribution is 2.31. The largest absolute Gasteiger partial charge is 0.490 e. The molecule has 2 aromatic heterocycles. The van der Waals surface area contributed by atoms with Crippen LogP contribution in [0.4, 0.5) is 0 Å². The predicted octanol–water partition coefficient (Wildman–Crippen LogP) is 3.52. The van der Waals surface area contributed by atoms with Crippen LogP contribution in [0.2, 0.25) is 0 Å². The Kier molecular flexibility index (Phi) is 3.98. The number of nitrogens with zero attached hydrogens (tertiary/aromatic N) is 3. The first-order valence-corrected chi connectivity index (χ1v) is 8.35. The fourth-order valence-corrected chi connectivity index (χ4v) is 3.28. The average molecular weight is 337 g/mol. The van der Waals surface area contributed by atoms with Gasteiger partial charge >= 0.3 is 0 Å². The summed E-state index contributed by atoms with van der Waals surface area (Å²) in [6.45, 7) is 0.231. The Morgan fingerprint density at radius 1 is 1.17 bits per heavy atom. The number of hydrogen-bond donors (Lipinski definition) is 1. The van der Waals surface area contributed by atoms with E-state index in [9.17, 15) is 0 Å². The minimum atomic E-state index is -0.0232. The topological polar surface area (TPSA) is 60.2 Å². The lowest BCUT2D eigenvalue weighted by atomic mass is 10.1. The molecule has 0 amide bonds. The summed E-state index contributed by atoms with van der Waals surface area (Å²) in [6, 6.07) is 13.9.